The summed E-state index contributed by atoms with van der Waals surface area (Å²) in [6, 6.07) is 20.3. The van der Waals surface area contributed by atoms with Crippen LogP contribution >= 0.6 is 0 Å². The number of rotatable bonds is 4. The van der Waals surface area contributed by atoms with Crippen molar-refractivity contribution in [1.29, 1.82) is 0 Å². The number of carbonyl (C=O) groups excluding carboxylic acids is 4. The van der Waals surface area contributed by atoms with E-state index in [1.165, 1.54) is 6.08 Å². The summed E-state index contributed by atoms with van der Waals surface area (Å²) in [5.41, 5.74) is -0.0909. The van der Waals surface area contributed by atoms with Gasteiger partial charge in [0.05, 0.1) is 17.3 Å². The molecule has 1 saturated carbocycles. The number of fused-ring (bicyclic) bond motifs is 4. The number of phenolic OH excluding ortho intramolecular Hbond substituents is 1. The minimum absolute atomic E-state index is 0.0351. The standard InChI is InChI=1S/C35H26F3NO6/c36-35(37,38)45-20-11-14-27(40)25(15-20)30-21-12-13-22-29(33(44)39-32(22)43)24(21)16-26-31(42)23(18-7-3-1-4-8-18)17-28(41)34(26,30)19-9-5-2-6-10-19/h1-12,14-15,17,22,24,26,29-30,40H,13,16H2,(H,39,43,44)/t22-,24+,26-,29-,30+,34-/m0/s1. The van der Waals surface area contributed by atoms with Gasteiger partial charge < -0.3 is 9.84 Å². The Morgan fingerprint density at radius 1 is 0.867 bits per heavy atom. The summed E-state index contributed by atoms with van der Waals surface area (Å²) in [5.74, 6) is -7.30. The molecule has 6 atom stereocenters. The summed E-state index contributed by atoms with van der Waals surface area (Å²) >= 11 is 0. The lowest BCUT2D eigenvalue weighted by molar-refractivity contribution is -0.274. The number of benzene rings is 3. The van der Waals surface area contributed by atoms with Crippen molar-refractivity contribution >= 4 is 29.0 Å². The minimum Gasteiger partial charge on any atom is -0.508 e. The van der Waals surface area contributed by atoms with Crippen LogP contribution in [0.2, 0.25) is 0 Å². The summed E-state index contributed by atoms with van der Waals surface area (Å²) in [5, 5.41) is 13.7. The number of amides is 2. The molecule has 3 aliphatic carbocycles. The summed E-state index contributed by atoms with van der Waals surface area (Å²) < 4.78 is 44.3. The van der Waals surface area contributed by atoms with Gasteiger partial charge in [-0.15, -0.1) is 13.2 Å². The van der Waals surface area contributed by atoms with Crippen LogP contribution in [0.1, 0.15) is 35.4 Å². The van der Waals surface area contributed by atoms with Gasteiger partial charge in [-0.25, -0.2) is 0 Å². The fraction of sp³-hybridized carbons (Fsp3) is 0.257. The molecule has 45 heavy (non-hydrogen) atoms. The smallest absolute Gasteiger partial charge is 0.508 e. The van der Waals surface area contributed by atoms with Gasteiger partial charge in [0.2, 0.25) is 11.8 Å². The summed E-state index contributed by atoms with van der Waals surface area (Å²) in [4.78, 5) is 55.5. The molecular weight excluding hydrogens is 587 g/mol. The third-order valence-corrected chi connectivity index (χ3v) is 9.76. The fourth-order valence-corrected chi connectivity index (χ4v) is 8.09. The molecule has 2 amide bonds. The van der Waals surface area contributed by atoms with E-state index < -0.39 is 70.5 Å². The van der Waals surface area contributed by atoms with Crippen molar-refractivity contribution in [3.63, 3.8) is 0 Å². The van der Waals surface area contributed by atoms with Crippen LogP contribution in [0.15, 0.2) is 96.6 Å². The van der Waals surface area contributed by atoms with Crippen LogP contribution in [0, 0.1) is 23.7 Å². The molecule has 0 radical (unpaired) electrons. The number of alkyl halides is 3. The lowest BCUT2D eigenvalue weighted by Crippen LogP contribution is -2.58. The van der Waals surface area contributed by atoms with Gasteiger partial charge in [-0.05, 0) is 54.2 Å². The topological polar surface area (TPSA) is 110 Å². The van der Waals surface area contributed by atoms with E-state index in [9.17, 15) is 37.5 Å². The normalized spacial score (nSPS) is 29.2. The van der Waals surface area contributed by atoms with Gasteiger partial charge in [0.15, 0.2) is 11.6 Å². The Morgan fingerprint density at radius 2 is 1.56 bits per heavy atom. The monoisotopic (exact) mass is 613 g/mol. The van der Waals surface area contributed by atoms with Gasteiger partial charge in [0, 0.05) is 23.0 Å². The predicted molar refractivity (Wildman–Crippen MR) is 155 cm³/mol. The van der Waals surface area contributed by atoms with E-state index in [4.69, 9.17) is 0 Å². The summed E-state index contributed by atoms with van der Waals surface area (Å²) in [6.45, 7) is 0. The number of aromatic hydroxyl groups is 1. The molecule has 7 nitrogen and oxygen atoms in total. The van der Waals surface area contributed by atoms with Crippen molar-refractivity contribution in [3.05, 3.63) is 113 Å². The van der Waals surface area contributed by atoms with Gasteiger partial charge in [-0.2, -0.15) is 0 Å². The second-order valence-electron chi connectivity index (χ2n) is 11.9. The second-order valence-corrected chi connectivity index (χ2v) is 11.9. The number of Topliss-reactive ketones (excluding diaryl/α,β-unsaturated/α-hetero) is 1. The van der Waals surface area contributed by atoms with Gasteiger partial charge in [0.25, 0.3) is 0 Å². The van der Waals surface area contributed by atoms with E-state index in [2.05, 4.69) is 10.1 Å². The van der Waals surface area contributed by atoms with Gasteiger partial charge in [0.1, 0.15) is 11.5 Å². The van der Waals surface area contributed by atoms with Crippen molar-refractivity contribution in [1.82, 2.24) is 5.32 Å². The molecule has 10 heteroatoms. The van der Waals surface area contributed by atoms with E-state index in [0.29, 0.717) is 16.7 Å². The molecule has 1 aliphatic heterocycles. The van der Waals surface area contributed by atoms with Crippen molar-refractivity contribution in [3.8, 4) is 11.5 Å². The summed E-state index contributed by atoms with van der Waals surface area (Å²) in [7, 11) is 0. The number of allylic oxidation sites excluding steroid dienone is 4. The Bertz CT molecular complexity index is 1820. The predicted octanol–water partition coefficient (Wildman–Crippen LogP) is 5.40. The number of ether oxygens (including phenoxy) is 1. The van der Waals surface area contributed by atoms with Crippen molar-refractivity contribution in [2.24, 2.45) is 23.7 Å². The first-order chi connectivity index (χ1) is 21.5. The van der Waals surface area contributed by atoms with E-state index in [1.807, 2.05) is 0 Å². The molecular formula is C35H26F3NO6. The molecule has 2 fully saturated rings. The van der Waals surface area contributed by atoms with Gasteiger partial charge >= 0.3 is 6.36 Å². The Labute approximate surface area is 255 Å². The average Bonchev–Trinajstić information content (AvgIpc) is 3.32. The SMILES string of the molecule is O=C1NC(=O)[C@H]2CC=C3[C@@H](C[C@H]4C(=O)C(c5ccccc5)=CC(=O)[C@@]4(c4ccccc4)[C@H]3c3cc(OC(F)(F)F)ccc3O)[C@@H]12. The molecule has 0 aromatic heterocycles. The number of hydrogen-bond acceptors (Lipinski definition) is 6. The first kappa shape index (κ1) is 28.8. The van der Waals surface area contributed by atoms with E-state index >= 15 is 0 Å². The Kier molecular flexibility index (Phi) is 6.58. The van der Waals surface area contributed by atoms with Crippen LogP contribution in [0.4, 0.5) is 13.2 Å². The zero-order valence-electron chi connectivity index (χ0n) is 23.6. The van der Waals surface area contributed by atoms with Crippen LogP contribution in [-0.4, -0.2) is 34.8 Å². The van der Waals surface area contributed by atoms with Crippen LogP contribution < -0.4 is 10.1 Å². The van der Waals surface area contributed by atoms with Crippen LogP contribution in [0.25, 0.3) is 5.57 Å². The third-order valence-electron chi connectivity index (χ3n) is 9.76. The Balaban J connectivity index is 1.53. The Morgan fingerprint density at radius 3 is 2.24 bits per heavy atom. The van der Waals surface area contributed by atoms with Gasteiger partial charge in [-0.3, -0.25) is 24.5 Å². The lowest BCUT2D eigenvalue weighted by Gasteiger charge is -2.55. The molecule has 1 heterocycles. The zero-order chi connectivity index (χ0) is 31.7. The quantitative estimate of drug-likeness (QED) is 0.301. The number of imide groups is 1. The molecule has 0 bridgehead atoms. The molecule has 4 aliphatic rings. The van der Waals surface area contributed by atoms with E-state index in [0.717, 1.165) is 18.2 Å². The van der Waals surface area contributed by atoms with E-state index in [-0.39, 0.29) is 29.8 Å². The molecule has 7 rings (SSSR count). The van der Waals surface area contributed by atoms with Crippen LogP contribution in [-0.2, 0) is 24.6 Å². The number of hydrogen-bond donors (Lipinski definition) is 2. The lowest BCUT2D eigenvalue weighted by atomic mass is 9.44. The molecule has 3 aromatic rings. The second kappa shape index (κ2) is 10.3. The zero-order valence-corrected chi connectivity index (χ0v) is 23.6. The molecule has 1 saturated heterocycles. The van der Waals surface area contributed by atoms with Crippen molar-refractivity contribution in [2.45, 2.75) is 30.5 Å². The maximum atomic E-state index is 14.8. The third kappa shape index (κ3) is 4.42. The molecule has 0 spiro atoms. The van der Waals surface area contributed by atoms with Gasteiger partial charge in [-0.1, -0.05) is 72.3 Å². The van der Waals surface area contributed by atoms with Crippen molar-refractivity contribution < 1.29 is 42.2 Å². The highest BCUT2D eigenvalue weighted by Crippen LogP contribution is 2.64. The molecule has 3 aromatic carbocycles. The highest BCUT2D eigenvalue weighted by molar-refractivity contribution is 6.31. The number of ketones is 2. The molecule has 0 unspecified atom stereocenters. The highest BCUT2D eigenvalue weighted by atomic mass is 19.4. The molecule has 228 valence electrons. The number of carbonyl (C=O) groups is 4. The van der Waals surface area contributed by atoms with E-state index in [1.54, 1.807) is 66.7 Å². The largest absolute Gasteiger partial charge is 0.573 e. The van der Waals surface area contributed by atoms with Crippen molar-refractivity contribution in [2.75, 3.05) is 0 Å². The number of halogens is 3. The average molecular weight is 614 g/mol. The van der Waals surface area contributed by atoms with Crippen LogP contribution in [0.5, 0.6) is 11.5 Å². The first-order valence-electron chi connectivity index (χ1n) is 14.5. The first-order valence-corrected chi connectivity index (χ1v) is 14.5. The minimum atomic E-state index is -5.04. The summed E-state index contributed by atoms with van der Waals surface area (Å²) in [6.07, 6.45) is -1.81. The number of nitrogens with one attached hydrogen (secondary N) is 1. The van der Waals surface area contributed by atoms with Crippen LogP contribution in [0.3, 0.4) is 0 Å². The number of phenols is 1. The maximum Gasteiger partial charge on any atom is 0.573 e. The highest BCUT2D eigenvalue weighted by Gasteiger charge is 2.65. The Hall–Kier alpha value is -4.99. The fourth-order valence-electron chi connectivity index (χ4n) is 8.09. The molecule has 2 N–H and O–H groups in total. The maximum absolute atomic E-state index is 14.8.